The molecule has 0 spiro atoms. The van der Waals surface area contributed by atoms with Gasteiger partial charge in [-0.15, -0.1) is 0 Å². The van der Waals surface area contributed by atoms with Gasteiger partial charge in [-0.25, -0.2) is 0 Å². The average molecular weight is 259 g/mol. The van der Waals surface area contributed by atoms with Gasteiger partial charge in [0.1, 0.15) is 5.75 Å². The number of ether oxygens (including phenoxy) is 1. The van der Waals surface area contributed by atoms with Gasteiger partial charge in [-0.3, -0.25) is 4.98 Å². The van der Waals surface area contributed by atoms with E-state index < -0.39 is 0 Å². The topological polar surface area (TPSA) is 39.1 Å². The van der Waals surface area contributed by atoms with Crippen molar-refractivity contribution < 1.29 is 4.74 Å². The van der Waals surface area contributed by atoms with Crippen molar-refractivity contribution in [2.75, 3.05) is 14.2 Å². The Balaban J connectivity index is 2.26. The number of methoxy groups -OCH3 is 1. The molecule has 1 unspecified atom stereocenters. The highest BCUT2D eigenvalue weighted by molar-refractivity contribution is 5.27. The van der Waals surface area contributed by atoms with E-state index in [1.165, 1.54) is 5.69 Å². The largest absolute Gasteiger partial charge is 0.497 e. The summed E-state index contributed by atoms with van der Waals surface area (Å²) >= 11 is 0. The fraction of sp³-hybridized carbons (Fsp3) is 0.400. The van der Waals surface area contributed by atoms with Gasteiger partial charge in [-0.1, -0.05) is 0 Å². The summed E-state index contributed by atoms with van der Waals surface area (Å²) in [7, 11) is 3.65. The second-order valence-electron chi connectivity index (χ2n) is 4.71. The van der Waals surface area contributed by atoms with Crippen LogP contribution in [0.4, 0.5) is 0 Å². The Morgan fingerprint density at radius 1 is 1.42 bits per heavy atom. The highest BCUT2D eigenvalue weighted by Gasteiger charge is 2.09. The molecule has 0 amide bonds. The minimum absolute atomic E-state index is 0.321. The van der Waals surface area contributed by atoms with Crippen LogP contribution in [0.25, 0.3) is 0 Å². The van der Waals surface area contributed by atoms with Crippen LogP contribution in [-0.2, 0) is 6.54 Å². The minimum Gasteiger partial charge on any atom is -0.497 e. The van der Waals surface area contributed by atoms with Crippen LogP contribution in [-0.4, -0.2) is 23.7 Å². The average Bonchev–Trinajstić information content (AvgIpc) is 2.85. The second kappa shape index (κ2) is 5.89. The van der Waals surface area contributed by atoms with Gasteiger partial charge < -0.3 is 14.6 Å². The summed E-state index contributed by atoms with van der Waals surface area (Å²) in [5.41, 5.74) is 3.24. The molecular weight excluding hydrogens is 238 g/mol. The van der Waals surface area contributed by atoms with E-state index in [4.69, 9.17) is 4.74 Å². The molecule has 2 rings (SSSR count). The summed E-state index contributed by atoms with van der Waals surface area (Å²) in [4.78, 5) is 4.56. The zero-order valence-corrected chi connectivity index (χ0v) is 12.0. The fourth-order valence-corrected chi connectivity index (χ4v) is 2.19. The minimum atomic E-state index is 0.321. The molecule has 0 aliphatic rings. The van der Waals surface area contributed by atoms with E-state index in [1.807, 2.05) is 26.1 Å². The van der Waals surface area contributed by atoms with Crippen molar-refractivity contribution in [2.24, 2.45) is 0 Å². The Bertz CT molecular complexity index is 548. The van der Waals surface area contributed by atoms with E-state index in [0.717, 1.165) is 23.7 Å². The summed E-state index contributed by atoms with van der Waals surface area (Å²) in [6.07, 6.45) is 2.08. The molecule has 4 heteroatoms. The van der Waals surface area contributed by atoms with E-state index in [9.17, 15) is 0 Å². The Morgan fingerprint density at radius 3 is 2.89 bits per heavy atom. The molecule has 0 saturated carbocycles. The molecule has 0 saturated heterocycles. The van der Waals surface area contributed by atoms with Crippen molar-refractivity contribution >= 4 is 0 Å². The van der Waals surface area contributed by atoms with Crippen molar-refractivity contribution in [3.63, 3.8) is 0 Å². The normalized spacial score (nSPS) is 12.4. The molecular formula is C15H21N3O. The van der Waals surface area contributed by atoms with E-state index in [2.05, 4.69) is 40.1 Å². The monoisotopic (exact) mass is 259 g/mol. The van der Waals surface area contributed by atoms with Crippen molar-refractivity contribution in [2.45, 2.75) is 26.4 Å². The van der Waals surface area contributed by atoms with Crippen LogP contribution in [0.5, 0.6) is 5.75 Å². The van der Waals surface area contributed by atoms with Gasteiger partial charge in [0.25, 0.3) is 0 Å². The molecule has 1 atom stereocenters. The molecule has 4 nitrogen and oxygen atoms in total. The lowest BCUT2D eigenvalue weighted by molar-refractivity contribution is 0.412. The number of pyridine rings is 1. The summed E-state index contributed by atoms with van der Waals surface area (Å²) in [6.45, 7) is 4.89. The maximum Gasteiger partial charge on any atom is 0.122 e. The molecule has 102 valence electrons. The molecule has 1 N–H and O–H groups in total. The lowest BCUT2D eigenvalue weighted by Gasteiger charge is -2.15. The van der Waals surface area contributed by atoms with Gasteiger partial charge in [0.2, 0.25) is 0 Å². The first-order chi connectivity index (χ1) is 9.13. The number of rotatable bonds is 5. The zero-order valence-electron chi connectivity index (χ0n) is 12.0. The Labute approximate surface area is 114 Å². The number of aromatic nitrogens is 2. The Hall–Kier alpha value is -1.81. The van der Waals surface area contributed by atoms with E-state index in [0.29, 0.717) is 6.04 Å². The van der Waals surface area contributed by atoms with Crippen LogP contribution in [0.1, 0.15) is 30.0 Å². The summed E-state index contributed by atoms with van der Waals surface area (Å²) in [6, 6.07) is 8.45. The number of hydrogen-bond donors (Lipinski definition) is 1. The van der Waals surface area contributed by atoms with Gasteiger partial charge in [-0.2, -0.15) is 0 Å². The van der Waals surface area contributed by atoms with Crippen LogP contribution >= 0.6 is 0 Å². The molecule has 2 aromatic rings. The highest BCUT2D eigenvalue weighted by Crippen LogP contribution is 2.17. The quantitative estimate of drug-likeness (QED) is 0.897. The van der Waals surface area contributed by atoms with Crippen LogP contribution in [0.15, 0.2) is 30.5 Å². The maximum absolute atomic E-state index is 5.29. The van der Waals surface area contributed by atoms with Gasteiger partial charge in [0, 0.05) is 35.8 Å². The van der Waals surface area contributed by atoms with Gasteiger partial charge in [0.15, 0.2) is 0 Å². The van der Waals surface area contributed by atoms with E-state index in [1.54, 1.807) is 7.11 Å². The number of nitrogens with one attached hydrogen (secondary N) is 1. The summed E-state index contributed by atoms with van der Waals surface area (Å²) < 4.78 is 7.50. The number of nitrogens with zero attached hydrogens (tertiary/aromatic N) is 2. The first-order valence-electron chi connectivity index (χ1n) is 6.48. The van der Waals surface area contributed by atoms with Crippen LogP contribution < -0.4 is 10.1 Å². The molecule has 0 radical (unpaired) electrons. The number of aryl methyl sites for hydroxylation is 1. The SMILES string of the molecule is CNC(C)c1cccn1Cc1cc(OC)cc(C)n1. The lowest BCUT2D eigenvalue weighted by Crippen LogP contribution is -2.17. The lowest BCUT2D eigenvalue weighted by atomic mass is 10.2. The Kier molecular flexibility index (Phi) is 4.22. The fourth-order valence-electron chi connectivity index (χ4n) is 2.19. The molecule has 2 heterocycles. The van der Waals surface area contributed by atoms with E-state index in [-0.39, 0.29) is 0 Å². The van der Waals surface area contributed by atoms with E-state index >= 15 is 0 Å². The Morgan fingerprint density at radius 2 is 2.21 bits per heavy atom. The van der Waals surface area contributed by atoms with Gasteiger partial charge in [-0.05, 0) is 33.0 Å². The van der Waals surface area contributed by atoms with Crippen molar-refractivity contribution in [1.29, 1.82) is 0 Å². The summed E-state index contributed by atoms with van der Waals surface area (Å²) in [5.74, 6) is 0.859. The highest BCUT2D eigenvalue weighted by atomic mass is 16.5. The number of hydrogen-bond acceptors (Lipinski definition) is 3. The van der Waals surface area contributed by atoms with Crippen molar-refractivity contribution in [3.8, 4) is 5.75 Å². The molecule has 19 heavy (non-hydrogen) atoms. The molecule has 0 aliphatic heterocycles. The predicted octanol–water partition coefficient (Wildman–Crippen LogP) is 2.53. The molecule has 0 bridgehead atoms. The first kappa shape index (κ1) is 13.6. The molecule has 2 aromatic heterocycles. The molecule has 0 aromatic carbocycles. The third-order valence-corrected chi connectivity index (χ3v) is 3.29. The predicted molar refractivity (Wildman–Crippen MR) is 76.5 cm³/mol. The second-order valence-corrected chi connectivity index (χ2v) is 4.71. The first-order valence-corrected chi connectivity index (χ1v) is 6.48. The van der Waals surface area contributed by atoms with Crippen molar-refractivity contribution in [3.05, 3.63) is 47.5 Å². The smallest absolute Gasteiger partial charge is 0.122 e. The third-order valence-electron chi connectivity index (χ3n) is 3.29. The molecule has 0 fully saturated rings. The van der Waals surface area contributed by atoms with Crippen molar-refractivity contribution in [1.82, 2.24) is 14.9 Å². The van der Waals surface area contributed by atoms with Gasteiger partial charge >= 0.3 is 0 Å². The van der Waals surface area contributed by atoms with Crippen LogP contribution in [0.3, 0.4) is 0 Å². The van der Waals surface area contributed by atoms with Crippen LogP contribution in [0.2, 0.25) is 0 Å². The molecule has 0 aliphatic carbocycles. The van der Waals surface area contributed by atoms with Gasteiger partial charge in [0.05, 0.1) is 19.3 Å². The standard InChI is InChI=1S/C15H21N3O/c1-11-8-14(19-4)9-13(17-11)10-18-7-5-6-15(18)12(2)16-3/h5-9,12,16H,10H2,1-4H3. The third kappa shape index (κ3) is 3.15. The summed E-state index contributed by atoms with van der Waals surface area (Å²) in [5, 5.41) is 3.26. The maximum atomic E-state index is 5.29. The zero-order chi connectivity index (χ0) is 13.8. The van der Waals surface area contributed by atoms with Crippen LogP contribution in [0, 0.1) is 6.92 Å².